The van der Waals surface area contributed by atoms with Crippen molar-refractivity contribution in [1.29, 1.82) is 0 Å². The van der Waals surface area contributed by atoms with Gasteiger partial charge >= 0.3 is 5.97 Å². The molecule has 2 unspecified atom stereocenters. The summed E-state index contributed by atoms with van der Waals surface area (Å²) in [6.07, 6.45) is 6.60. The molecule has 0 spiro atoms. The lowest BCUT2D eigenvalue weighted by molar-refractivity contribution is -0.151. The number of esters is 1. The van der Waals surface area contributed by atoms with Crippen LogP contribution in [0.1, 0.15) is 52.4 Å². The number of rotatable bonds is 9. The molecule has 2 atom stereocenters. The second kappa shape index (κ2) is 8.11. The third kappa shape index (κ3) is 5.57. The summed E-state index contributed by atoms with van der Waals surface area (Å²) in [5.74, 6) is -0.172. The smallest absolute Gasteiger partial charge is 0.326 e. The van der Waals surface area contributed by atoms with Gasteiger partial charge in [0.15, 0.2) is 0 Å². The molecule has 21 heavy (non-hydrogen) atoms. The lowest BCUT2D eigenvalue weighted by atomic mass is 9.98. The van der Waals surface area contributed by atoms with Crippen LogP contribution in [0.3, 0.4) is 0 Å². The van der Waals surface area contributed by atoms with Gasteiger partial charge in [-0.1, -0.05) is 0 Å². The third-order valence-electron chi connectivity index (χ3n) is 4.15. The van der Waals surface area contributed by atoms with Crippen molar-refractivity contribution in [2.45, 2.75) is 70.1 Å². The number of nitrogens with one attached hydrogen (secondary N) is 1. The Kier molecular flexibility index (Phi) is 6.45. The van der Waals surface area contributed by atoms with E-state index in [9.17, 15) is 4.79 Å². The number of ether oxygens (including phenoxy) is 3. The molecule has 1 aliphatic heterocycles. The van der Waals surface area contributed by atoms with E-state index in [0.717, 1.165) is 32.3 Å². The molecule has 2 rings (SSSR count). The third-order valence-corrected chi connectivity index (χ3v) is 4.15. The van der Waals surface area contributed by atoms with Crippen LogP contribution in [0.25, 0.3) is 0 Å². The number of hydrogen-bond acceptors (Lipinski definition) is 5. The molecule has 1 saturated heterocycles. The first-order valence-corrected chi connectivity index (χ1v) is 8.28. The van der Waals surface area contributed by atoms with Gasteiger partial charge in [0.1, 0.15) is 5.54 Å². The Hall–Kier alpha value is -0.650. The minimum absolute atomic E-state index is 0.172. The maximum Gasteiger partial charge on any atom is 0.326 e. The first kappa shape index (κ1) is 16.7. The maximum atomic E-state index is 12.2. The van der Waals surface area contributed by atoms with Crippen molar-refractivity contribution in [3.05, 3.63) is 0 Å². The fourth-order valence-corrected chi connectivity index (χ4v) is 2.63. The highest BCUT2D eigenvalue weighted by molar-refractivity contribution is 5.80. The van der Waals surface area contributed by atoms with E-state index in [1.807, 2.05) is 13.8 Å². The summed E-state index contributed by atoms with van der Waals surface area (Å²) in [4.78, 5) is 12.2. The van der Waals surface area contributed by atoms with Gasteiger partial charge in [0.25, 0.3) is 0 Å². The fourth-order valence-electron chi connectivity index (χ4n) is 2.63. The quantitative estimate of drug-likeness (QED) is 0.521. The molecule has 0 aromatic rings. The molecule has 0 bridgehead atoms. The Labute approximate surface area is 127 Å². The van der Waals surface area contributed by atoms with Gasteiger partial charge in [-0.05, 0) is 52.4 Å². The van der Waals surface area contributed by atoms with Crippen LogP contribution in [0.4, 0.5) is 0 Å². The number of carbonyl (C=O) groups excluding carboxylic acids is 1. The average molecular weight is 299 g/mol. The van der Waals surface area contributed by atoms with Gasteiger partial charge in [-0.15, -0.1) is 0 Å². The van der Waals surface area contributed by atoms with E-state index >= 15 is 0 Å². The minimum Gasteiger partial charge on any atom is -0.465 e. The topological polar surface area (TPSA) is 56.8 Å². The average Bonchev–Trinajstić information content (AvgIpc) is 3.29. The lowest BCUT2D eigenvalue weighted by Crippen LogP contribution is -2.52. The SMILES string of the molecule is CCOC(=O)C(C)(CCOCC1CCCCO1)NC1CC1. The summed E-state index contributed by atoms with van der Waals surface area (Å²) in [5, 5.41) is 3.40. The van der Waals surface area contributed by atoms with Gasteiger partial charge < -0.3 is 14.2 Å². The molecule has 1 N–H and O–H groups in total. The first-order valence-electron chi connectivity index (χ1n) is 8.28. The largest absolute Gasteiger partial charge is 0.465 e. The summed E-state index contributed by atoms with van der Waals surface area (Å²) in [6.45, 7) is 6.20. The summed E-state index contributed by atoms with van der Waals surface area (Å²) < 4.78 is 16.6. The highest BCUT2D eigenvalue weighted by Gasteiger charge is 2.39. The van der Waals surface area contributed by atoms with E-state index in [1.54, 1.807) is 0 Å². The molecule has 0 aromatic heterocycles. The van der Waals surface area contributed by atoms with Crippen LogP contribution in [0, 0.1) is 0 Å². The molecule has 122 valence electrons. The van der Waals surface area contributed by atoms with Crippen LogP contribution in [0.5, 0.6) is 0 Å². The Morgan fingerprint density at radius 3 is 2.76 bits per heavy atom. The van der Waals surface area contributed by atoms with Crippen molar-refractivity contribution in [1.82, 2.24) is 5.32 Å². The zero-order valence-corrected chi connectivity index (χ0v) is 13.4. The molecule has 5 heteroatoms. The lowest BCUT2D eigenvalue weighted by Gasteiger charge is -2.29. The predicted molar refractivity (Wildman–Crippen MR) is 80.2 cm³/mol. The second-order valence-electron chi connectivity index (χ2n) is 6.28. The Bertz CT molecular complexity index is 326. The predicted octanol–water partition coefficient (Wildman–Crippen LogP) is 2.04. The van der Waals surface area contributed by atoms with Gasteiger partial charge in [-0.25, -0.2) is 0 Å². The van der Waals surface area contributed by atoms with Crippen LogP contribution >= 0.6 is 0 Å². The molecule has 0 aromatic carbocycles. The summed E-state index contributed by atoms with van der Waals surface area (Å²) in [6, 6.07) is 0.459. The van der Waals surface area contributed by atoms with Crippen molar-refractivity contribution < 1.29 is 19.0 Å². The summed E-state index contributed by atoms with van der Waals surface area (Å²) in [5.41, 5.74) is -0.634. The van der Waals surface area contributed by atoms with Gasteiger partial charge in [0, 0.05) is 19.3 Å². The Morgan fingerprint density at radius 2 is 2.14 bits per heavy atom. The van der Waals surface area contributed by atoms with E-state index in [1.165, 1.54) is 6.42 Å². The summed E-state index contributed by atoms with van der Waals surface area (Å²) >= 11 is 0. The van der Waals surface area contributed by atoms with Crippen LogP contribution in [0.15, 0.2) is 0 Å². The van der Waals surface area contributed by atoms with E-state index in [2.05, 4.69) is 5.32 Å². The monoisotopic (exact) mass is 299 g/mol. The molecule has 0 amide bonds. The standard InChI is InChI=1S/C16H29NO4/c1-3-20-15(18)16(2,17-13-7-8-13)9-11-19-12-14-6-4-5-10-21-14/h13-14,17H,3-12H2,1-2H3. The second-order valence-corrected chi connectivity index (χ2v) is 6.28. The highest BCUT2D eigenvalue weighted by atomic mass is 16.5. The molecule has 1 saturated carbocycles. The van der Waals surface area contributed by atoms with Crippen molar-refractivity contribution >= 4 is 5.97 Å². The Morgan fingerprint density at radius 1 is 1.33 bits per heavy atom. The molecule has 2 fully saturated rings. The molecule has 5 nitrogen and oxygen atoms in total. The van der Waals surface area contributed by atoms with E-state index in [-0.39, 0.29) is 12.1 Å². The maximum absolute atomic E-state index is 12.2. The van der Waals surface area contributed by atoms with Crippen molar-refractivity contribution in [3.8, 4) is 0 Å². The molecule has 1 heterocycles. The van der Waals surface area contributed by atoms with Crippen LogP contribution in [-0.2, 0) is 19.0 Å². The first-order chi connectivity index (χ1) is 10.1. The van der Waals surface area contributed by atoms with Crippen LogP contribution in [0.2, 0.25) is 0 Å². The van der Waals surface area contributed by atoms with Crippen LogP contribution in [-0.4, -0.2) is 50.1 Å². The van der Waals surface area contributed by atoms with Crippen molar-refractivity contribution in [3.63, 3.8) is 0 Å². The van der Waals surface area contributed by atoms with Gasteiger partial charge in [-0.2, -0.15) is 0 Å². The van der Waals surface area contributed by atoms with Gasteiger partial charge in [0.2, 0.25) is 0 Å². The van der Waals surface area contributed by atoms with E-state index in [0.29, 0.717) is 32.3 Å². The molecule has 2 aliphatic rings. The highest BCUT2D eigenvalue weighted by Crippen LogP contribution is 2.25. The number of hydrogen-bond donors (Lipinski definition) is 1. The minimum atomic E-state index is -0.634. The summed E-state index contributed by atoms with van der Waals surface area (Å²) in [7, 11) is 0. The zero-order chi connectivity index (χ0) is 15.1. The van der Waals surface area contributed by atoms with Gasteiger partial charge in [0.05, 0.1) is 19.3 Å². The fraction of sp³-hybridized carbons (Fsp3) is 0.938. The van der Waals surface area contributed by atoms with Crippen molar-refractivity contribution in [2.24, 2.45) is 0 Å². The molecule has 1 aliphatic carbocycles. The Balaban J connectivity index is 1.71. The normalized spacial score (nSPS) is 25.3. The zero-order valence-electron chi connectivity index (χ0n) is 13.4. The molecular weight excluding hydrogens is 270 g/mol. The molecular formula is C16H29NO4. The van der Waals surface area contributed by atoms with E-state index in [4.69, 9.17) is 14.2 Å². The van der Waals surface area contributed by atoms with E-state index < -0.39 is 5.54 Å². The number of carbonyl (C=O) groups is 1. The van der Waals surface area contributed by atoms with Crippen molar-refractivity contribution in [2.75, 3.05) is 26.4 Å². The van der Waals surface area contributed by atoms with Gasteiger partial charge in [-0.3, -0.25) is 10.1 Å². The van der Waals surface area contributed by atoms with Crippen LogP contribution < -0.4 is 5.32 Å². The molecule has 0 radical (unpaired) electrons.